The molecule has 1 aromatic carbocycles. The minimum absolute atomic E-state index is 0.0905. The zero-order chi connectivity index (χ0) is 18.4. The van der Waals surface area contributed by atoms with Gasteiger partial charge in [0.15, 0.2) is 0 Å². The molecule has 0 bridgehead atoms. The molecule has 0 aromatic heterocycles. The van der Waals surface area contributed by atoms with E-state index in [1.54, 1.807) is 30.0 Å². The molecule has 25 heavy (non-hydrogen) atoms. The van der Waals surface area contributed by atoms with E-state index < -0.39 is 11.9 Å². The molecule has 1 atom stereocenters. The van der Waals surface area contributed by atoms with Crippen LogP contribution in [0.15, 0.2) is 18.2 Å². The van der Waals surface area contributed by atoms with Crippen molar-refractivity contribution in [2.75, 3.05) is 31.5 Å². The van der Waals surface area contributed by atoms with Crippen molar-refractivity contribution in [3.05, 3.63) is 28.8 Å². The number of benzene rings is 1. The van der Waals surface area contributed by atoms with E-state index in [-0.39, 0.29) is 24.9 Å². The number of anilines is 1. The summed E-state index contributed by atoms with van der Waals surface area (Å²) in [7, 11) is 0. The van der Waals surface area contributed by atoms with E-state index in [9.17, 15) is 14.4 Å². The van der Waals surface area contributed by atoms with Crippen LogP contribution in [0.4, 0.5) is 5.69 Å². The van der Waals surface area contributed by atoms with Gasteiger partial charge in [0.25, 0.3) is 0 Å². The van der Waals surface area contributed by atoms with E-state index >= 15 is 0 Å². The van der Waals surface area contributed by atoms with Crippen molar-refractivity contribution in [2.45, 2.75) is 19.8 Å². The average Bonchev–Trinajstić information content (AvgIpc) is 2.57. The Hall–Kier alpha value is -2.12. The number of aliphatic carboxylic acids is 1. The molecule has 1 unspecified atom stereocenters. The van der Waals surface area contributed by atoms with Gasteiger partial charge in [-0.15, -0.1) is 0 Å². The van der Waals surface area contributed by atoms with Gasteiger partial charge in [0.2, 0.25) is 11.8 Å². The number of hydrogen-bond acceptors (Lipinski definition) is 4. The summed E-state index contributed by atoms with van der Waals surface area (Å²) >= 11 is 6.00. The quantitative estimate of drug-likeness (QED) is 0.707. The van der Waals surface area contributed by atoms with Crippen LogP contribution in [-0.2, 0) is 14.4 Å². The van der Waals surface area contributed by atoms with Gasteiger partial charge in [-0.25, -0.2) is 0 Å². The summed E-state index contributed by atoms with van der Waals surface area (Å²) in [6, 6.07) is 5.21. The number of rotatable bonds is 6. The first-order valence-electron chi connectivity index (χ1n) is 8.13. The largest absolute Gasteiger partial charge is 0.481 e. The average molecular weight is 368 g/mol. The molecule has 1 aromatic rings. The molecule has 136 valence electrons. The topological polar surface area (TPSA) is 98.7 Å². The first kappa shape index (κ1) is 19.2. The fourth-order valence-electron chi connectivity index (χ4n) is 2.78. The number of hydrogen-bond donors (Lipinski definition) is 3. The van der Waals surface area contributed by atoms with Crippen LogP contribution in [0.1, 0.15) is 18.4 Å². The Bertz CT molecular complexity index is 665. The molecule has 0 spiro atoms. The Balaban J connectivity index is 1.76. The van der Waals surface area contributed by atoms with Crippen molar-refractivity contribution in [3.63, 3.8) is 0 Å². The van der Waals surface area contributed by atoms with Crippen LogP contribution in [0, 0.1) is 12.8 Å². The van der Waals surface area contributed by atoms with Crippen LogP contribution in [-0.4, -0.2) is 54.0 Å². The maximum atomic E-state index is 12.0. The number of carboxylic acids is 1. The molecule has 1 aliphatic heterocycles. The van der Waals surface area contributed by atoms with Crippen molar-refractivity contribution < 1.29 is 19.5 Å². The molecule has 8 heteroatoms. The first-order valence-corrected chi connectivity index (χ1v) is 8.51. The molecule has 2 amide bonds. The van der Waals surface area contributed by atoms with Gasteiger partial charge in [0.1, 0.15) is 0 Å². The maximum absolute atomic E-state index is 12.0. The fourth-order valence-corrected chi connectivity index (χ4v) is 2.95. The molecular weight excluding hydrogens is 346 g/mol. The lowest BCUT2D eigenvalue weighted by molar-refractivity contribution is -0.144. The lowest BCUT2D eigenvalue weighted by Gasteiger charge is -2.29. The van der Waals surface area contributed by atoms with Crippen molar-refractivity contribution in [2.24, 2.45) is 5.92 Å². The lowest BCUT2D eigenvalue weighted by Crippen LogP contribution is -2.45. The van der Waals surface area contributed by atoms with Gasteiger partial charge < -0.3 is 15.7 Å². The van der Waals surface area contributed by atoms with Crippen LogP contribution in [0.5, 0.6) is 0 Å². The molecule has 7 nitrogen and oxygen atoms in total. The Morgan fingerprint density at radius 3 is 2.80 bits per heavy atom. The normalized spacial score (nSPS) is 17.8. The summed E-state index contributed by atoms with van der Waals surface area (Å²) in [5, 5.41) is 14.9. The highest BCUT2D eigenvalue weighted by atomic mass is 35.5. The number of carbonyl (C=O) groups is 3. The molecule has 0 radical (unpaired) electrons. The molecule has 1 aliphatic rings. The van der Waals surface area contributed by atoms with Crippen LogP contribution < -0.4 is 10.6 Å². The highest BCUT2D eigenvalue weighted by Gasteiger charge is 2.26. The number of nitrogens with zero attached hydrogens (tertiary/aromatic N) is 1. The van der Waals surface area contributed by atoms with E-state index in [4.69, 9.17) is 16.7 Å². The van der Waals surface area contributed by atoms with E-state index in [1.165, 1.54) is 0 Å². The first-order chi connectivity index (χ1) is 11.9. The number of halogens is 1. The van der Waals surface area contributed by atoms with Crippen molar-refractivity contribution in [1.29, 1.82) is 0 Å². The summed E-state index contributed by atoms with van der Waals surface area (Å²) in [6.45, 7) is 2.78. The molecule has 1 heterocycles. The standard InChI is InChI=1S/C17H22ClN3O4/c1-11-13(18)5-2-6-14(11)20-15(22)8-19-16(23)10-21-7-3-4-12(9-21)17(24)25/h2,5-6,12H,3-4,7-10H2,1H3,(H,19,23)(H,20,22)(H,24,25). The fraction of sp³-hybridized carbons (Fsp3) is 0.471. The molecule has 3 N–H and O–H groups in total. The Morgan fingerprint density at radius 2 is 2.08 bits per heavy atom. The Morgan fingerprint density at radius 1 is 1.32 bits per heavy atom. The van der Waals surface area contributed by atoms with E-state index in [1.807, 2.05) is 0 Å². The molecule has 0 aliphatic carbocycles. The van der Waals surface area contributed by atoms with E-state index in [0.29, 0.717) is 30.2 Å². The SMILES string of the molecule is Cc1c(Cl)cccc1NC(=O)CNC(=O)CN1CCCC(C(=O)O)C1. The van der Waals surface area contributed by atoms with Crippen LogP contribution in [0.3, 0.4) is 0 Å². The minimum Gasteiger partial charge on any atom is -0.481 e. The van der Waals surface area contributed by atoms with Gasteiger partial charge in [0, 0.05) is 17.3 Å². The Labute approximate surface area is 151 Å². The third-order valence-electron chi connectivity index (χ3n) is 4.21. The number of carbonyl (C=O) groups excluding carboxylic acids is 2. The molecular formula is C17H22ClN3O4. The third kappa shape index (κ3) is 5.72. The van der Waals surface area contributed by atoms with Crippen molar-refractivity contribution >= 4 is 35.1 Å². The van der Waals surface area contributed by atoms with Crippen molar-refractivity contribution in [1.82, 2.24) is 10.2 Å². The molecule has 0 saturated carbocycles. The van der Waals surface area contributed by atoms with Crippen LogP contribution >= 0.6 is 11.6 Å². The van der Waals surface area contributed by atoms with Gasteiger partial charge in [-0.3, -0.25) is 19.3 Å². The summed E-state index contributed by atoms with van der Waals surface area (Å²) < 4.78 is 0. The number of likely N-dealkylation sites (tertiary alicyclic amines) is 1. The van der Waals surface area contributed by atoms with Gasteiger partial charge >= 0.3 is 5.97 Å². The van der Waals surface area contributed by atoms with Gasteiger partial charge in [-0.2, -0.15) is 0 Å². The van der Waals surface area contributed by atoms with E-state index in [2.05, 4.69) is 10.6 Å². The highest BCUT2D eigenvalue weighted by Crippen LogP contribution is 2.22. The van der Waals surface area contributed by atoms with Crippen LogP contribution in [0.2, 0.25) is 5.02 Å². The predicted octanol–water partition coefficient (Wildman–Crippen LogP) is 1.50. The summed E-state index contributed by atoms with van der Waals surface area (Å²) in [4.78, 5) is 36.8. The Kier molecular flexibility index (Phi) is 6.78. The molecule has 2 rings (SSSR count). The monoisotopic (exact) mass is 367 g/mol. The van der Waals surface area contributed by atoms with Gasteiger partial charge in [-0.1, -0.05) is 17.7 Å². The number of carboxylic acid groups (broad SMARTS) is 1. The third-order valence-corrected chi connectivity index (χ3v) is 4.62. The maximum Gasteiger partial charge on any atom is 0.307 e. The highest BCUT2D eigenvalue weighted by molar-refractivity contribution is 6.31. The van der Waals surface area contributed by atoms with Gasteiger partial charge in [-0.05, 0) is 44.0 Å². The summed E-state index contributed by atoms with van der Waals surface area (Å²) in [6.07, 6.45) is 1.38. The lowest BCUT2D eigenvalue weighted by atomic mass is 9.98. The van der Waals surface area contributed by atoms with Crippen molar-refractivity contribution in [3.8, 4) is 0 Å². The summed E-state index contributed by atoms with van der Waals surface area (Å²) in [5.74, 6) is -1.91. The predicted molar refractivity (Wildman–Crippen MR) is 94.6 cm³/mol. The second-order valence-electron chi connectivity index (χ2n) is 6.15. The van der Waals surface area contributed by atoms with Crippen LogP contribution in [0.25, 0.3) is 0 Å². The van der Waals surface area contributed by atoms with E-state index in [0.717, 1.165) is 12.0 Å². The molecule has 1 saturated heterocycles. The van der Waals surface area contributed by atoms with Gasteiger partial charge in [0.05, 0.1) is 19.0 Å². The molecule has 1 fully saturated rings. The smallest absolute Gasteiger partial charge is 0.307 e. The second-order valence-corrected chi connectivity index (χ2v) is 6.56. The number of amides is 2. The zero-order valence-corrected chi connectivity index (χ0v) is 14.8. The number of piperidine rings is 1. The second kappa shape index (κ2) is 8.82. The summed E-state index contributed by atoms with van der Waals surface area (Å²) in [5.41, 5.74) is 1.36. The zero-order valence-electron chi connectivity index (χ0n) is 14.0. The number of nitrogens with one attached hydrogen (secondary N) is 2. The minimum atomic E-state index is -0.832.